The summed E-state index contributed by atoms with van der Waals surface area (Å²) in [6.45, 7) is 2.77. The first-order chi connectivity index (χ1) is 11.2. The van der Waals surface area contributed by atoms with Crippen molar-refractivity contribution in [1.29, 1.82) is 0 Å². The highest BCUT2D eigenvalue weighted by atomic mass is 19.1. The number of piperidine rings is 1. The molecule has 2 aromatic rings. The average molecular weight is 316 g/mol. The molecule has 5 nitrogen and oxygen atoms in total. The normalized spacial score (nSPS) is 24.1. The molecular weight excluding hydrogens is 295 g/mol. The van der Waals surface area contributed by atoms with Gasteiger partial charge in [-0.05, 0) is 43.5 Å². The lowest BCUT2D eigenvalue weighted by Gasteiger charge is -2.24. The first kappa shape index (κ1) is 14.6. The van der Waals surface area contributed by atoms with Gasteiger partial charge in [0.1, 0.15) is 11.6 Å². The topological polar surface area (TPSA) is 61.0 Å². The Labute approximate surface area is 134 Å². The zero-order valence-corrected chi connectivity index (χ0v) is 13.0. The van der Waals surface area contributed by atoms with Crippen LogP contribution in [0.25, 0.3) is 11.0 Å². The molecule has 0 radical (unpaired) electrons. The van der Waals surface area contributed by atoms with Gasteiger partial charge < -0.3 is 15.2 Å². The van der Waals surface area contributed by atoms with Gasteiger partial charge in [0.05, 0.1) is 11.0 Å². The van der Waals surface area contributed by atoms with Gasteiger partial charge in [0.25, 0.3) is 0 Å². The van der Waals surface area contributed by atoms with Gasteiger partial charge in [0, 0.05) is 32.0 Å². The van der Waals surface area contributed by atoms with Crippen molar-refractivity contribution in [3.63, 3.8) is 0 Å². The number of nitrogens with one attached hydrogen (secondary N) is 2. The first-order valence-electron chi connectivity index (χ1n) is 8.34. The Bertz CT molecular complexity index is 714. The monoisotopic (exact) mass is 316 g/mol. The second-order valence-electron chi connectivity index (χ2n) is 6.61. The molecule has 0 bridgehead atoms. The van der Waals surface area contributed by atoms with Gasteiger partial charge in [-0.2, -0.15) is 0 Å². The number of carbonyl (C=O) groups excluding carboxylic acids is 1. The van der Waals surface area contributed by atoms with E-state index in [1.54, 1.807) is 6.07 Å². The molecule has 1 aromatic carbocycles. The molecule has 0 aliphatic carbocycles. The number of halogens is 1. The quantitative estimate of drug-likeness (QED) is 0.908. The highest BCUT2D eigenvalue weighted by Crippen LogP contribution is 2.25. The van der Waals surface area contributed by atoms with Crippen LogP contribution in [0, 0.1) is 11.7 Å². The van der Waals surface area contributed by atoms with Crippen molar-refractivity contribution in [3.8, 4) is 0 Å². The molecule has 0 spiro atoms. The number of aromatic nitrogens is 2. The molecule has 0 unspecified atom stereocenters. The van der Waals surface area contributed by atoms with Crippen LogP contribution in [-0.4, -0.2) is 46.5 Å². The van der Waals surface area contributed by atoms with Crippen molar-refractivity contribution in [3.05, 3.63) is 29.8 Å². The Balaban J connectivity index is 1.37. The molecule has 2 aliphatic rings. The van der Waals surface area contributed by atoms with E-state index in [9.17, 15) is 9.18 Å². The Morgan fingerprint density at radius 3 is 3.17 bits per heavy atom. The summed E-state index contributed by atoms with van der Waals surface area (Å²) in [5, 5.41) is 3.51. The summed E-state index contributed by atoms with van der Waals surface area (Å²) in [6, 6.07) is 4.96. The van der Waals surface area contributed by atoms with Crippen molar-refractivity contribution in [2.24, 2.45) is 5.92 Å². The van der Waals surface area contributed by atoms with E-state index in [4.69, 9.17) is 0 Å². The number of hydrogen-bond donors (Lipinski definition) is 2. The second-order valence-corrected chi connectivity index (χ2v) is 6.61. The molecule has 1 amide bonds. The van der Waals surface area contributed by atoms with Crippen molar-refractivity contribution >= 4 is 16.9 Å². The third kappa shape index (κ3) is 2.95. The minimum absolute atomic E-state index is 0.188. The molecule has 3 heterocycles. The van der Waals surface area contributed by atoms with E-state index in [-0.39, 0.29) is 11.7 Å². The fraction of sp³-hybridized carbons (Fsp3) is 0.529. The van der Waals surface area contributed by atoms with Crippen LogP contribution >= 0.6 is 0 Å². The lowest BCUT2D eigenvalue weighted by atomic mass is 9.94. The highest BCUT2D eigenvalue weighted by Gasteiger charge is 2.36. The number of aryl methyl sites for hydroxylation is 1. The van der Waals surface area contributed by atoms with Crippen LogP contribution in [0.3, 0.4) is 0 Å². The van der Waals surface area contributed by atoms with Crippen LogP contribution in [0.1, 0.15) is 25.1 Å². The van der Waals surface area contributed by atoms with Crippen LogP contribution in [0.5, 0.6) is 0 Å². The smallest absolute Gasteiger partial charge is 0.223 e. The van der Waals surface area contributed by atoms with Gasteiger partial charge in [-0.25, -0.2) is 9.37 Å². The van der Waals surface area contributed by atoms with Crippen LogP contribution in [0.2, 0.25) is 0 Å². The van der Waals surface area contributed by atoms with Crippen molar-refractivity contribution < 1.29 is 9.18 Å². The maximum atomic E-state index is 13.2. The largest absolute Gasteiger partial charge is 0.342 e. The summed E-state index contributed by atoms with van der Waals surface area (Å²) in [7, 11) is 0. The lowest BCUT2D eigenvalue weighted by molar-refractivity contribution is -0.130. The predicted octanol–water partition coefficient (Wildman–Crippen LogP) is 1.84. The summed E-state index contributed by atoms with van der Waals surface area (Å²) in [5.41, 5.74) is 1.43. The number of aromatic amines is 1. The third-order valence-corrected chi connectivity index (χ3v) is 5.02. The van der Waals surface area contributed by atoms with Crippen molar-refractivity contribution in [2.75, 3.05) is 19.6 Å². The SMILES string of the molecule is O=C(CCc1nc2ccc(F)cc2[nH]1)N1C[C@H]2CCCN[C@H]2C1. The fourth-order valence-corrected chi connectivity index (χ4v) is 3.79. The third-order valence-electron chi connectivity index (χ3n) is 5.02. The second kappa shape index (κ2) is 5.92. The molecule has 4 rings (SSSR count). The molecule has 0 saturated carbocycles. The Morgan fingerprint density at radius 1 is 1.39 bits per heavy atom. The lowest BCUT2D eigenvalue weighted by Crippen LogP contribution is -2.41. The number of amides is 1. The number of likely N-dealkylation sites (tertiary alicyclic amines) is 1. The molecule has 6 heteroatoms. The zero-order valence-electron chi connectivity index (χ0n) is 13.0. The molecule has 2 fully saturated rings. The van der Waals surface area contributed by atoms with Gasteiger partial charge in [-0.15, -0.1) is 0 Å². The average Bonchev–Trinajstić information content (AvgIpc) is 3.15. The van der Waals surface area contributed by atoms with Crippen LogP contribution in [0.15, 0.2) is 18.2 Å². The van der Waals surface area contributed by atoms with Gasteiger partial charge in [-0.3, -0.25) is 4.79 Å². The van der Waals surface area contributed by atoms with E-state index in [0.717, 1.165) is 31.0 Å². The molecule has 23 heavy (non-hydrogen) atoms. The van der Waals surface area contributed by atoms with E-state index in [0.29, 0.717) is 30.3 Å². The summed E-state index contributed by atoms with van der Waals surface area (Å²) in [4.78, 5) is 21.9. The number of H-pyrrole nitrogens is 1. The molecule has 1 aromatic heterocycles. The van der Waals surface area contributed by atoms with Crippen molar-refractivity contribution in [2.45, 2.75) is 31.7 Å². The van der Waals surface area contributed by atoms with E-state index < -0.39 is 0 Å². The molecule has 2 aliphatic heterocycles. The summed E-state index contributed by atoms with van der Waals surface area (Å²) >= 11 is 0. The zero-order chi connectivity index (χ0) is 15.8. The molecule has 122 valence electrons. The van der Waals surface area contributed by atoms with Gasteiger partial charge in [0.2, 0.25) is 5.91 Å². The maximum Gasteiger partial charge on any atom is 0.223 e. The summed E-state index contributed by atoms with van der Waals surface area (Å²) < 4.78 is 13.2. The number of imidazole rings is 1. The standard InChI is InChI=1S/C17H21FN4O/c18-12-3-4-13-14(8-12)21-16(20-13)5-6-17(23)22-9-11-2-1-7-19-15(11)10-22/h3-4,8,11,15,19H,1-2,5-7,9-10H2,(H,20,21)/t11-,15+/m1/s1. The van der Waals surface area contributed by atoms with E-state index in [2.05, 4.69) is 15.3 Å². The number of rotatable bonds is 3. The van der Waals surface area contributed by atoms with E-state index in [1.807, 2.05) is 4.90 Å². The van der Waals surface area contributed by atoms with Crippen LogP contribution in [0.4, 0.5) is 4.39 Å². The maximum absolute atomic E-state index is 13.2. The highest BCUT2D eigenvalue weighted by molar-refractivity contribution is 5.77. The van der Waals surface area contributed by atoms with E-state index in [1.165, 1.54) is 25.0 Å². The Hall–Kier alpha value is -1.95. The molecule has 2 atom stereocenters. The summed E-state index contributed by atoms with van der Waals surface area (Å²) in [5.74, 6) is 1.26. The number of hydrogen-bond acceptors (Lipinski definition) is 3. The van der Waals surface area contributed by atoms with Gasteiger partial charge in [0.15, 0.2) is 0 Å². The fourth-order valence-electron chi connectivity index (χ4n) is 3.79. The Kier molecular flexibility index (Phi) is 3.77. The van der Waals surface area contributed by atoms with Crippen LogP contribution < -0.4 is 5.32 Å². The number of fused-ring (bicyclic) bond motifs is 2. The predicted molar refractivity (Wildman–Crippen MR) is 85.5 cm³/mol. The minimum atomic E-state index is -0.282. The minimum Gasteiger partial charge on any atom is -0.342 e. The number of nitrogens with zero attached hydrogens (tertiary/aromatic N) is 2. The van der Waals surface area contributed by atoms with Gasteiger partial charge in [-0.1, -0.05) is 0 Å². The Morgan fingerprint density at radius 2 is 2.30 bits per heavy atom. The molecular formula is C17H21FN4O. The number of benzene rings is 1. The van der Waals surface area contributed by atoms with Gasteiger partial charge >= 0.3 is 0 Å². The molecule has 2 N–H and O–H groups in total. The molecule has 2 saturated heterocycles. The van der Waals surface area contributed by atoms with E-state index >= 15 is 0 Å². The number of carbonyl (C=O) groups is 1. The summed E-state index contributed by atoms with van der Waals surface area (Å²) in [6.07, 6.45) is 3.44. The van der Waals surface area contributed by atoms with Crippen molar-refractivity contribution in [1.82, 2.24) is 20.2 Å². The first-order valence-corrected chi connectivity index (χ1v) is 8.34. The van der Waals surface area contributed by atoms with Crippen LogP contribution in [-0.2, 0) is 11.2 Å².